The van der Waals surface area contributed by atoms with Crippen molar-refractivity contribution >= 4 is 45.0 Å². The molecule has 2 heterocycles. The van der Waals surface area contributed by atoms with E-state index in [2.05, 4.69) is 10.5 Å². The van der Waals surface area contributed by atoms with E-state index in [1.165, 1.54) is 21.3 Å². The monoisotopic (exact) mass is 525 g/mol. The molecule has 1 saturated carbocycles. The van der Waals surface area contributed by atoms with Gasteiger partial charge in [0.1, 0.15) is 16.7 Å². The van der Waals surface area contributed by atoms with Crippen LogP contribution in [0.1, 0.15) is 37.5 Å². The van der Waals surface area contributed by atoms with Crippen molar-refractivity contribution in [3.05, 3.63) is 51.5 Å². The fourth-order valence-electron chi connectivity index (χ4n) is 5.43. The van der Waals surface area contributed by atoms with Crippen LogP contribution in [0.4, 0.5) is 5.69 Å². The summed E-state index contributed by atoms with van der Waals surface area (Å²) in [7, 11) is 4.58. The third kappa shape index (κ3) is 4.37. The van der Waals surface area contributed by atoms with E-state index < -0.39 is 0 Å². The number of nitrogens with one attached hydrogen (secondary N) is 1. The number of hydrogen-bond donors (Lipinski definition) is 1. The summed E-state index contributed by atoms with van der Waals surface area (Å²) in [5, 5.41) is 8.73. The van der Waals surface area contributed by atoms with Crippen LogP contribution in [-0.4, -0.2) is 37.0 Å². The number of halogens is 1. The van der Waals surface area contributed by atoms with Crippen LogP contribution in [0.3, 0.4) is 0 Å². The number of ether oxygens (including phenoxy) is 3. The normalized spacial score (nSPS) is 17.3. The number of anilines is 1. The minimum atomic E-state index is -0.143. The maximum Gasteiger partial charge on any atom is 0.264 e. The molecule has 2 aromatic heterocycles. The lowest BCUT2D eigenvalue weighted by Gasteiger charge is -2.19. The second-order valence-corrected chi connectivity index (χ2v) is 9.68. The van der Waals surface area contributed by atoms with Crippen molar-refractivity contribution < 1.29 is 23.5 Å². The Labute approximate surface area is 218 Å². The number of pyridine rings is 1. The van der Waals surface area contributed by atoms with Gasteiger partial charge in [-0.05, 0) is 44.2 Å². The lowest BCUT2D eigenvalue weighted by molar-refractivity contribution is -0.117. The molecular weight excluding hydrogens is 498 g/mol. The topological polar surface area (TPSA) is 105 Å². The van der Waals surface area contributed by atoms with Gasteiger partial charge in [-0.3, -0.25) is 9.59 Å². The molecule has 0 spiro atoms. The lowest BCUT2D eigenvalue weighted by atomic mass is 10.0. The average Bonchev–Trinajstić information content (AvgIpc) is 3.50. The van der Waals surface area contributed by atoms with Crippen LogP contribution < -0.4 is 25.1 Å². The molecule has 2 aromatic carbocycles. The van der Waals surface area contributed by atoms with Gasteiger partial charge in [0, 0.05) is 35.7 Å². The first-order valence-corrected chi connectivity index (χ1v) is 12.4. The summed E-state index contributed by atoms with van der Waals surface area (Å²) in [6, 6.07) is 8.83. The number of fused-ring (bicyclic) bond motifs is 3. The largest absolute Gasteiger partial charge is 0.493 e. The summed E-state index contributed by atoms with van der Waals surface area (Å²) in [5.41, 5.74) is 1.62. The molecule has 1 fully saturated rings. The minimum Gasteiger partial charge on any atom is -0.493 e. The van der Waals surface area contributed by atoms with Crippen molar-refractivity contribution in [2.24, 2.45) is 5.92 Å². The number of carbonyl (C=O) groups excluding carboxylic acids is 1. The first-order valence-electron chi connectivity index (χ1n) is 12.0. The van der Waals surface area contributed by atoms with Crippen molar-refractivity contribution in [3.63, 3.8) is 0 Å². The number of rotatable bonds is 7. The summed E-state index contributed by atoms with van der Waals surface area (Å²) in [5.74, 6) is 1.84. The van der Waals surface area contributed by atoms with Gasteiger partial charge in [0.2, 0.25) is 11.7 Å². The predicted octanol–water partition coefficient (Wildman–Crippen LogP) is 5.50. The molecule has 1 N–H and O–H groups in total. The molecule has 1 aliphatic carbocycles. The number of aromatic nitrogens is 2. The smallest absolute Gasteiger partial charge is 0.264 e. The van der Waals surface area contributed by atoms with E-state index in [4.69, 9.17) is 30.3 Å². The zero-order valence-corrected chi connectivity index (χ0v) is 21.8. The first-order chi connectivity index (χ1) is 17.9. The Morgan fingerprint density at radius 1 is 1.14 bits per heavy atom. The Kier molecular flexibility index (Phi) is 6.72. The maximum atomic E-state index is 13.6. The van der Waals surface area contributed by atoms with Crippen LogP contribution in [0.5, 0.6) is 17.2 Å². The molecule has 0 saturated heterocycles. The predicted molar refractivity (Wildman–Crippen MR) is 141 cm³/mol. The molecule has 0 aliphatic heterocycles. The van der Waals surface area contributed by atoms with Crippen molar-refractivity contribution in [2.45, 2.75) is 38.6 Å². The number of hydrogen-bond acceptors (Lipinski definition) is 7. The number of aryl methyl sites for hydroxylation is 1. The standard InChI is InChI=1S/C27H28ClN3O6/c1-14-23-25(30-37-14)24-18(28)6-5-7-19(24)31(27(23)33)17-9-8-15(10-17)11-22(32)29-16-12-20(34-2)26(36-4)21(13-16)35-3/h5-7,12-13,15,17H,8-11H2,1-4H3,(H,29,32)/t15-,17+/m1/s1. The molecule has 2 atom stereocenters. The first kappa shape index (κ1) is 25.0. The summed E-state index contributed by atoms with van der Waals surface area (Å²) in [6.45, 7) is 1.73. The molecule has 37 heavy (non-hydrogen) atoms. The van der Waals surface area contributed by atoms with Crippen LogP contribution in [0.15, 0.2) is 39.6 Å². The minimum absolute atomic E-state index is 0.0638. The number of methoxy groups -OCH3 is 3. The number of nitrogens with zero attached hydrogens (tertiary/aromatic N) is 2. The third-order valence-corrected chi connectivity index (χ3v) is 7.40. The highest BCUT2D eigenvalue weighted by atomic mass is 35.5. The second-order valence-electron chi connectivity index (χ2n) is 9.27. The molecule has 1 amide bonds. The summed E-state index contributed by atoms with van der Waals surface area (Å²) >= 11 is 6.54. The van der Waals surface area contributed by atoms with Crippen LogP contribution in [-0.2, 0) is 4.79 Å². The molecule has 0 bridgehead atoms. The average molecular weight is 526 g/mol. The number of benzene rings is 2. The van der Waals surface area contributed by atoms with Gasteiger partial charge < -0.3 is 28.6 Å². The Morgan fingerprint density at radius 3 is 2.54 bits per heavy atom. The molecule has 0 radical (unpaired) electrons. The van der Waals surface area contributed by atoms with Crippen LogP contribution in [0.25, 0.3) is 21.8 Å². The van der Waals surface area contributed by atoms with Crippen LogP contribution in [0.2, 0.25) is 5.02 Å². The molecule has 9 nitrogen and oxygen atoms in total. The van der Waals surface area contributed by atoms with Crippen molar-refractivity contribution in [1.29, 1.82) is 0 Å². The lowest BCUT2D eigenvalue weighted by Crippen LogP contribution is -2.25. The summed E-state index contributed by atoms with van der Waals surface area (Å²) < 4.78 is 23.3. The van der Waals surface area contributed by atoms with Crippen molar-refractivity contribution in [1.82, 2.24) is 9.72 Å². The second kappa shape index (κ2) is 9.97. The van der Waals surface area contributed by atoms with Crippen molar-refractivity contribution in [2.75, 3.05) is 26.6 Å². The molecule has 5 rings (SSSR count). The SMILES string of the molecule is COc1cc(NC(=O)C[C@@H]2CC[C@H](n3c(=O)c4c(C)onc4c4c(Cl)cccc43)C2)cc(OC)c1OC. The fraction of sp³-hybridized carbons (Fsp3) is 0.370. The zero-order valence-electron chi connectivity index (χ0n) is 21.1. The molecule has 4 aromatic rings. The van der Waals surface area contributed by atoms with E-state index in [9.17, 15) is 9.59 Å². The highest BCUT2D eigenvalue weighted by Gasteiger charge is 2.31. The van der Waals surface area contributed by atoms with Gasteiger partial charge in [-0.1, -0.05) is 22.8 Å². The Balaban J connectivity index is 1.38. The van der Waals surface area contributed by atoms with Crippen LogP contribution in [0, 0.1) is 12.8 Å². The van der Waals surface area contributed by atoms with E-state index in [0.717, 1.165) is 18.4 Å². The third-order valence-electron chi connectivity index (χ3n) is 7.08. The van der Waals surface area contributed by atoms with Gasteiger partial charge in [0.25, 0.3) is 5.56 Å². The highest BCUT2D eigenvalue weighted by molar-refractivity contribution is 6.37. The van der Waals surface area contributed by atoms with Gasteiger partial charge in [-0.2, -0.15) is 0 Å². The maximum absolute atomic E-state index is 13.6. The van der Waals surface area contributed by atoms with E-state index in [-0.39, 0.29) is 23.4 Å². The Bertz CT molecular complexity index is 1530. The Hall–Kier alpha value is -3.72. The molecule has 194 valence electrons. The van der Waals surface area contributed by atoms with Crippen LogP contribution >= 0.6 is 11.6 Å². The van der Waals surface area contributed by atoms with Gasteiger partial charge in [0.15, 0.2) is 11.5 Å². The number of amides is 1. The van der Waals surface area contributed by atoms with Gasteiger partial charge in [-0.25, -0.2) is 0 Å². The summed E-state index contributed by atoms with van der Waals surface area (Å²) in [6.07, 6.45) is 2.62. The number of carbonyl (C=O) groups is 1. The summed E-state index contributed by atoms with van der Waals surface area (Å²) in [4.78, 5) is 26.5. The van der Waals surface area contributed by atoms with Gasteiger partial charge >= 0.3 is 0 Å². The molecular formula is C27H28ClN3O6. The van der Waals surface area contributed by atoms with E-state index in [1.807, 2.05) is 16.7 Å². The van der Waals surface area contributed by atoms with Crippen molar-refractivity contribution in [3.8, 4) is 17.2 Å². The van der Waals surface area contributed by atoms with E-state index in [0.29, 0.717) is 62.8 Å². The van der Waals surface area contributed by atoms with Gasteiger partial charge in [0.05, 0.1) is 31.9 Å². The Morgan fingerprint density at radius 2 is 1.86 bits per heavy atom. The molecule has 1 aliphatic rings. The van der Waals surface area contributed by atoms with Gasteiger partial charge in [-0.15, -0.1) is 0 Å². The zero-order chi connectivity index (χ0) is 26.3. The quantitative estimate of drug-likeness (QED) is 0.339. The van der Waals surface area contributed by atoms with E-state index >= 15 is 0 Å². The fourth-order valence-corrected chi connectivity index (χ4v) is 5.69. The molecule has 0 unspecified atom stereocenters. The highest BCUT2D eigenvalue weighted by Crippen LogP contribution is 2.41. The molecule has 10 heteroatoms. The van der Waals surface area contributed by atoms with E-state index in [1.54, 1.807) is 25.1 Å².